The van der Waals surface area contributed by atoms with Crippen LogP contribution in [0.15, 0.2) is 11.6 Å². The maximum absolute atomic E-state index is 11.3. The maximum Gasteiger partial charge on any atom is 0.336 e. The van der Waals surface area contributed by atoms with Gasteiger partial charge in [0.1, 0.15) is 0 Å². The van der Waals surface area contributed by atoms with Gasteiger partial charge in [-0.3, -0.25) is 4.79 Å². The lowest BCUT2D eigenvalue weighted by Crippen LogP contribution is -2.11. The number of rotatable bonds is 7. The van der Waals surface area contributed by atoms with E-state index in [1.165, 1.54) is 6.92 Å². The maximum atomic E-state index is 11.3. The van der Waals surface area contributed by atoms with E-state index in [4.69, 9.17) is 4.74 Å². The molecule has 0 spiro atoms. The van der Waals surface area contributed by atoms with Crippen LogP contribution in [0.5, 0.6) is 0 Å². The summed E-state index contributed by atoms with van der Waals surface area (Å²) in [6.07, 6.45) is 6.12. The first-order valence-corrected chi connectivity index (χ1v) is 5.55. The molecule has 0 fully saturated rings. The molecule has 0 bridgehead atoms. The van der Waals surface area contributed by atoms with E-state index in [2.05, 4.69) is 11.7 Å². The second kappa shape index (κ2) is 8.95. The third-order valence-corrected chi connectivity index (χ3v) is 2.03. The number of hydrogen-bond acceptors (Lipinski definition) is 4. The van der Waals surface area contributed by atoms with Gasteiger partial charge in [0.05, 0.1) is 0 Å². The number of hydrogen-bond donors (Lipinski definition) is 0. The van der Waals surface area contributed by atoms with Crippen molar-refractivity contribution in [3.8, 4) is 0 Å². The van der Waals surface area contributed by atoms with E-state index in [0.717, 1.165) is 25.7 Å². The number of carbonyl (C=O) groups is 2. The minimum absolute atomic E-state index is 0.311. The fourth-order valence-corrected chi connectivity index (χ4v) is 1.08. The van der Waals surface area contributed by atoms with Crippen LogP contribution in [0.25, 0.3) is 0 Å². The van der Waals surface area contributed by atoms with Crippen molar-refractivity contribution in [3.63, 3.8) is 0 Å². The van der Waals surface area contributed by atoms with Gasteiger partial charge >= 0.3 is 11.9 Å². The fourth-order valence-electron chi connectivity index (χ4n) is 1.08. The first-order chi connectivity index (χ1) is 7.57. The van der Waals surface area contributed by atoms with Gasteiger partial charge in [-0.05, 0) is 19.8 Å². The molecule has 0 aliphatic rings. The summed E-state index contributed by atoms with van der Waals surface area (Å²) in [7, 11) is 0. The molecular weight excluding hydrogens is 208 g/mol. The minimum atomic E-state index is -0.461. The second-order valence-corrected chi connectivity index (χ2v) is 3.57. The van der Waals surface area contributed by atoms with Crippen LogP contribution in [0.1, 0.15) is 46.5 Å². The highest BCUT2D eigenvalue weighted by Crippen LogP contribution is 2.04. The molecule has 0 aliphatic heterocycles. The molecule has 0 amide bonds. The molecule has 0 heterocycles. The fraction of sp³-hybridized carbons (Fsp3) is 0.667. The number of carbonyl (C=O) groups excluding carboxylic acids is 2. The van der Waals surface area contributed by atoms with E-state index < -0.39 is 11.9 Å². The third-order valence-electron chi connectivity index (χ3n) is 2.03. The molecule has 16 heavy (non-hydrogen) atoms. The zero-order valence-corrected chi connectivity index (χ0v) is 10.2. The van der Waals surface area contributed by atoms with Crippen LogP contribution in [0.3, 0.4) is 0 Å². The predicted octanol–water partition coefficient (Wildman–Crippen LogP) is 2.58. The first-order valence-electron chi connectivity index (χ1n) is 5.55. The number of unbranched alkanes of at least 4 members (excludes halogenated alkanes) is 3. The Morgan fingerprint density at radius 1 is 1.12 bits per heavy atom. The highest BCUT2D eigenvalue weighted by Gasteiger charge is 2.05. The van der Waals surface area contributed by atoms with Gasteiger partial charge < -0.3 is 9.47 Å². The Kier molecular flexibility index (Phi) is 8.21. The standard InChI is InChI=1S/C12H20O4/c1-4-5-6-7-8-10(2)12(14)16-9-15-11(3)13/h8H,4-7,9H2,1-3H3. The van der Waals surface area contributed by atoms with Crippen LogP contribution in [0.2, 0.25) is 0 Å². The molecule has 0 unspecified atom stereocenters. The zero-order chi connectivity index (χ0) is 12.4. The molecule has 0 aliphatic carbocycles. The van der Waals surface area contributed by atoms with Crippen LogP contribution in [0, 0.1) is 0 Å². The second-order valence-electron chi connectivity index (χ2n) is 3.57. The van der Waals surface area contributed by atoms with Gasteiger partial charge in [0.15, 0.2) is 0 Å². The molecule has 0 saturated carbocycles. The largest absolute Gasteiger partial charge is 0.428 e. The Labute approximate surface area is 96.6 Å². The SMILES string of the molecule is CCCCCC=C(C)C(=O)OCOC(C)=O. The minimum Gasteiger partial charge on any atom is -0.428 e. The van der Waals surface area contributed by atoms with Crippen LogP contribution in [-0.4, -0.2) is 18.7 Å². The molecular formula is C12H20O4. The van der Waals surface area contributed by atoms with Crippen molar-refractivity contribution in [2.45, 2.75) is 46.5 Å². The predicted molar refractivity (Wildman–Crippen MR) is 60.6 cm³/mol. The highest BCUT2D eigenvalue weighted by molar-refractivity contribution is 5.87. The molecule has 0 radical (unpaired) electrons. The van der Waals surface area contributed by atoms with Crippen molar-refractivity contribution in [2.75, 3.05) is 6.79 Å². The lowest BCUT2D eigenvalue weighted by atomic mass is 10.1. The van der Waals surface area contributed by atoms with Crippen LogP contribution in [-0.2, 0) is 19.1 Å². The summed E-state index contributed by atoms with van der Waals surface area (Å²) in [5.74, 6) is -0.893. The van der Waals surface area contributed by atoms with E-state index in [1.807, 2.05) is 6.08 Å². The summed E-state index contributed by atoms with van der Waals surface area (Å²) in [5, 5.41) is 0. The third kappa shape index (κ3) is 8.03. The smallest absolute Gasteiger partial charge is 0.336 e. The van der Waals surface area contributed by atoms with Gasteiger partial charge in [-0.15, -0.1) is 0 Å². The van der Waals surface area contributed by atoms with Gasteiger partial charge in [-0.2, -0.15) is 0 Å². The van der Waals surface area contributed by atoms with Gasteiger partial charge in [0.25, 0.3) is 0 Å². The summed E-state index contributed by atoms with van der Waals surface area (Å²) in [6.45, 7) is 4.78. The van der Waals surface area contributed by atoms with E-state index in [1.54, 1.807) is 6.92 Å². The quantitative estimate of drug-likeness (QED) is 0.291. The van der Waals surface area contributed by atoms with Gasteiger partial charge in [0, 0.05) is 12.5 Å². The Hall–Kier alpha value is -1.32. The molecule has 0 aromatic carbocycles. The van der Waals surface area contributed by atoms with Gasteiger partial charge in [-0.1, -0.05) is 25.8 Å². The zero-order valence-electron chi connectivity index (χ0n) is 10.2. The van der Waals surface area contributed by atoms with Crippen molar-refractivity contribution in [3.05, 3.63) is 11.6 Å². The van der Waals surface area contributed by atoms with E-state index >= 15 is 0 Å². The highest BCUT2D eigenvalue weighted by atomic mass is 16.7. The molecule has 0 aromatic rings. The van der Waals surface area contributed by atoms with Crippen LogP contribution in [0.4, 0.5) is 0 Å². The lowest BCUT2D eigenvalue weighted by Gasteiger charge is -2.04. The molecule has 0 saturated heterocycles. The molecule has 0 rings (SSSR count). The van der Waals surface area contributed by atoms with Crippen LogP contribution < -0.4 is 0 Å². The summed E-state index contributed by atoms with van der Waals surface area (Å²) < 4.78 is 9.22. The van der Waals surface area contributed by atoms with Crippen molar-refractivity contribution in [1.82, 2.24) is 0 Å². The molecule has 0 aromatic heterocycles. The van der Waals surface area contributed by atoms with Crippen molar-refractivity contribution < 1.29 is 19.1 Å². The Balaban J connectivity index is 3.75. The van der Waals surface area contributed by atoms with Crippen LogP contribution >= 0.6 is 0 Å². The number of allylic oxidation sites excluding steroid dienone is 1. The normalized spacial score (nSPS) is 11.1. The van der Waals surface area contributed by atoms with Gasteiger partial charge in [-0.25, -0.2) is 4.79 Å². The summed E-state index contributed by atoms with van der Waals surface area (Å²) in [5.41, 5.74) is 0.559. The molecule has 4 nitrogen and oxygen atoms in total. The summed E-state index contributed by atoms with van der Waals surface area (Å²) in [6, 6.07) is 0. The Bertz CT molecular complexity index is 256. The average molecular weight is 228 g/mol. The Morgan fingerprint density at radius 2 is 1.81 bits per heavy atom. The number of ether oxygens (including phenoxy) is 2. The van der Waals surface area contributed by atoms with E-state index in [-0.39, 0.29) is 6.79 Å². The topological polar surface area (TPSA) is 52.6 Å². The summed E-state index contributed by atoms with van der Waals surface area (Å²) >= 11 is 0. The molecule has 4 heteroatoms. The lowest BCUT2D eigenvalue weighted by molar-refractivity contribution is -0.162. The number of esters is 2. The Morgan fingerprint density at radius 3 is 2.38 bits per heavy atom. The van der Waals surface area contributed by atoms with Gasteiger partial charge in [0.2, 0.25) is 6.79 Å². The average Bonchev–Trinajstić information content (AvgIpc) is 2.23. The van der Waals surface area contributed by atoms with Crippen molar-refractivity contribution in [1.29, 1.82) is 0 Å². The molecule has 92 valence electrons. The first kappa shape index (κ1) is 14.7. The van der Waals surface area contributed by atoms with Crippen molar-refractivity contribution in [2.24, 2.45) is 0 Å². The molecule has 0 N–H and O–H groups in total. The van der Waals surface area contributed by atoms with E-state index in [9.17, 15) is 9.59 Å². The molecule has 0 atom stereocenters. The van der Waals surface area contributed by atoms with E-state index in [0.29, 0.717) is 5.57 Å². The van der Waals surface area contributed by atoms with Crippen molar-refractivity contribution >= 4 is 11.9 Å². The summed E-state index contributed by atoms with van der Waals surface area (Å²) in [4.78, 5) is 21.7. The monoisotopic (exact) mass is 228 g/mol.